The Morgan fingerprint density at radius 3 is 1.76 bits per heavy atom. The van der Waals surface area contributed by atoms with Crippen molar-refractivity contribution in [3.05, 3.63) is 54.1 Å². The molecule has 0 fully saturated rings. The van der Waals surface area contributed by atoms with Crippen LogP contribution in [0.2, 0.25) is 0 Å². The van der Waals surface area contributed by atoms with Gasteiger partial charge in [-0.05, 0) is 12.5 Å². The number of aliphatic carboxylic acids is 2. The highest BCUT2D eigenvalue weighted by atomic mass is 16.4. The van der Waals surface area contributed by atoms with Crippen molar-refractivity contribution in [3.63, 3.8) is 0 Å². The van der Waals surface area contributed by atoms with Crippen molar-refractivity contribution < 1.29 is 19.8 Å². The standard InChI is InChI=1S/C9H10.C4H4O4/c1-3-9-6-4-8(2)5-7-9;5-3(6)1-2-4(7)8/h3-7H,1H2,2H3;1-2H,(H,5,6)(H,7,8)/b;2-1-. The van der Waals surface area contributed by atoms with Crippen LogP contribution < -0.4 is 0 Å². The van der Waals surface area contributed by atoms with Crippen molar-refractivity contribution in [2.75, 3.05) is 0 Å². The van der Waals surface area contributed by atoms with E-state index in [-0.39, 0.29) is 0 Å². The van der Waals surface area contributed by atoms with Crippen molar-refractivity contribution >= 4 is 18.0 Å². The van der Waals surface area contributed by atoms with Crippen LogP contribution in [0.15, 0.2) is 43.0 Å². The Morgan fingerprint density at radius 1 is 1.06 bits per heavy atom. The molecule has 17 heavy (non-hydrogen) atoms. The molecule has 90 valence electrons. The van der Waals surface area contributed by atoms with Gasteiger partial charge in [0.1, 0.15) is 0 Å². The van der Waals surface area contributed by atoms with E-state index in [0.717, 1.165) is 0 Å². The maximum Gasteiger partial charge on any atom is 0.328 e. The van der Waals surface area contributed by atoms with Crippen LogP contribution in [0.1, 0.15) is 11.1 Å². The van der Waals surface area contributed by atoms with Crippen LogP contribution in [0.4, 0.5) is 0 Å². The average molecular weight is 234 g/mol. The summed E-state index contributed by atoms with van der Waals surface area (Å²) in [5, 5.41) is 15.6. The lowest BCUT2D eigenvalue weighted by atomic mass is 10.2. The van der Waals surface area contributed by atoms with E-state index in [4.69, 9.17) is 10.2 Å². The molecule has 0 spiro atoms. The van der Waals surface area contributed by atoms with Crippen LogP contribution in [0.5, 0.6) is 0 Å². The number of rotatable bonds is 3. The van der Waals surface area contributed by atoms with Gasteiger partial charge in [0.15, 0.2) is 0 Å². The Labute approximate surface area is 99.5 Å². The molecule has 0 unspecified atom stereocenters. The zero-order valence-corrected chi connectivity index (χ0v) is 9.46. The second-order valence-corrected chi connectivity index (χ2v) is 3.12. The third-order valence-corrected chi connectivity index (χ3v) is 1.68. The number of hydrogen-bond acceptors (Lipinski definition) is 2. The van der Waals surface area contributed by atoms with Gasteiger partial charge in [0.25, 0.3) is 0 Å². The smallest absolute Gasteiger partial charge is 0.328 e. The predicted octanol–water partition coefficient (Wildman–Crippen LogP) is 2.35. The minimum atomic E-state index is -1.26. The van der Waals surface area contributed by atoms with Crippen LogP contribution >= 0.6 is 0 Å². The molecule has 0 saturated carbocycles. The number of carboxylic acids is 2. The first-order chi connectivity index (χ1) is 7.95. The molecule has 0 aliphatic rings. The number of carbonyl (C=O) groups is 2. The third kappa shape index (κ3) is 8.62. The van der Waals surface area contributed by atoms with E-state index in [2.05, 4.69) is 37.8 Å². The highest BCUT2D eigenvalue weighted by Crippen LogP contribution is 2.02. The zero-order chi connectivity index (χ0) is 13.3. The lowest BCUT2D eigenvalue weighted by Crippen LogP contribution is -1.91. The Hall–Kier alpha value is -2.36. The molecular weight excluding hydrogens is 220 g/mol. The number of carboxylic acid groups (broad SMARTS) is 2. The summed E-state index contributed by atoms with van der Waals surface area (Å²) in [6.45, 7) is 5.74. The average Bonchev–Trinajstić information content (AvgIpc) is 2.28. The fourth-order valence-electron chi connectivity index (χ4n) is 0.845. The monoisotopic (exact) mass is 234 g/mol. The quantitative estimate of drug-likeness (QED) is 0.787. The van der Waals surface area contributed by atoms with Gasteiger partial charge in [0.05, 0.1) is 0 Å². The summed E-state index contributed by atoms with van der Waals surface area (Å²) in [6, 6.07) is 8.28. The van der Waals surface area contributed by atoms with E-state index in [1.165, 1.54) is 11.1 Å². The molecule has 0 aliphatic carbocycles. The molecule has 0 saturated heterocycles. The first kappa shape index (κ1) is 14.6. The number of benzene rings is 1. The molecule has 1 rings (SSSR count). The van der Waals surface area contributed by atoms with Crippen molar-refractivity contribution in [3.8, 4) is 0 Å². The Kier molecular flexibility index (Phi) is 6.78. The first-order valence-electron chi connectivity index (χ1n) is 4.78. The van der Waals surface area contributed by atoms with Gasteiger partial charge in [-0.1, -0.05) is 42.5 Å². The topological polar surface area (TPSA) is 74.6 Å². The molecule has 0 radical (unpaired) electrons. The summed E-state index contributed by atoms with van der Waals surface area (Å²) >= 11 is 0. The van der Waals surface area contributed by atoms with Crippen LogP contribution in [0.25, 0.3) is 6.08 Å². The summed E-state index contributed by atoms with van der Waals surface area (Å²) in [7, 11) is 0. The minimum absolute atomic E-state index is 0.558. The minimum Gasteiger partial charge on any atom is -0.478 e. The van der Waals surface area contributed by atoms with Crippen LogP contribution in [0, 0.1) is 6.92 Å². The highest BCUT2D eigenvalue weighted by Gasteiger charge is 1.88. The van der Waals surface area contributed by atoms with Gasteiger partial charge < -0.3 is 10.2 Å². The molecule has 0 amide bonds. The van der Waals surface area contributed by atoms with E-state index in [1.54, 1.807) is 0 Å². The third-order valence-electron chi connectivity index (χ3n) is 1.68. The maximum absolute atomic E-state index is 9.55. The molecule has 1 aromatic rings. The largest absolute Gasteiger partial charge is 0.478 e. The van der Waals surface area contributed by atoms with E-state index in [9.17, 15) is 9.59 Å². The Balaban J connectivity index is 0.000000304. The lowest BCUT2D eigenvalue weighted by Gasteiger charge is -1.91. The van der Waals surface area contributed by atoms with Crippen LogP contribution in [-0.4, -0.2) is 22.2 Å². The Morgan fingerprint density at radius 2 is 1.47 bits per heavy atom. The normalized spacial score (nSPS) is 9.24. The van der Waals surface area contributed by atoms with Gasteiger partial charge in [-0.25, -0.2) is 9.59 Å². The van der Waals surface area contributed by atoms with Gasteiger partial charge in [-0.3, -0.25) is 0 Å². The molecule has 1 aromatic carbocycles. The van der Waals surface area contributed by atoms with Crippen LogP contribution in [0.3, 0.4) is 0 Å². The lowest BCUT2D eigenvalue weighted by molar-refractivity contribution is -0.134. The molecule has 0 aliphatic heterocycles. The molecule has 4 nitrogen and oxygen atoms in total. The first-order valence-corrected chi connectivity index (χ1v) is 4.78. The van der Waals surface area contributed by atoms with Gasteiger partial charge >= 0.3 is 11.9 Å². The number of aryl methyl sites for hydroxylation is 1. The van der Waals surface area contributed by atoms with Gasteiger partial charge in [0, 0.05) is 12.2 Å². The second-order valence-electron chi connectivity index (χ2n) is 3.12. The summed E-state index contributed by atoms with van der Waals surface area (Å²) in [5.41, 5.74) is 2.47. The molecule has 0 aromatic heterocycles. The predicted molar refractivity (Wildman–Crippen MR) is 65.7 cm³/mol. The highest BCUT2D eigenvalue weighted by molar-refractivity contribution is 5.89. The number of hydrogen-bond donors (Lipinski definition) is 2. The summed E-state index contributed by atoms with van der Waals surface area (Å²) < 4.78 is 0. The van der Waals surface area contributed by atoms with Gasteiger partial charge in [-0.2, -0.15) is 0 Å². The van der Waals surface area contributed by atoms with Crippen molar-refractivity contribution in [2.24, 2.45) is 0 Å². The van der Waals surface area contributed by atoms with Gasteiger partial charge in [0.2, 0.25) is 0 Å². The zero-order valence-electron chi connectivity index (χ0n) is 9.46. The van der Waals surface area contributed by atoms with E-state index in [1.807, 2.05) is 6.08 Å². The van der Waals surface area contributed by atoms with Crippen molar-refractivity contribution in [1.29, 1.82) is 0 Å². The SMILES string of the molecule is C=Cc1ccc(C)cc1.O=C(O)/C=C\C(=O)O. The molecule has 4 heteroatoms. The van der Waals surface area contributed by atoms with E-state index < -0.39 is 11.9 Å². The summed E-state index contributed by atoms with van der Waals surface area (Å²) in [4.78, 5) is 19.1. The maximum atomic E-state index is 9.55. The van der Waals surface area contributed by atoms with Crippen LogP contribution in [-0.2, 0) is 9.59 Å². The molecule has 0 heterocycles. The molecular formula is C13H14O4. The Bertz CT molecular complexity index is 400. The summed E-state index contributed by atoms with van der Waals surface area (Å²) in [5.74, 6) is -2.51. The van der Waals surface area contributed by atoms with Gasteiger partial charge in [-0.15, -0.1) is 0 Å². The molecule has 0 bridgehead atoms. The van der Waals surface area contributed by atoms with E-state index in [0.29, 0.717) is 12.2 Å². The summed E-state index contributed by atoms with van der Waals surface area (Å²) in [6.07, 6.45) is 2.96. The molecule has 2 N–H and O–H groups in total. The van der Waals surface area contributed by atoms with E-state index >= 15 is 0 Å². The molecule has 0 atom stereocenters. The van der Waals surface area contributed by atoms with Crippen molar-refractivity contribution in [2.45, 2.75) is 6.92 Å². The second kappa shape index (κ2) is 7.87. The fourth-order valence-corrected chi connectivity index (χ4v) is 0.845. The fraction of sp³-hybridized carbons (Fsp3) is 0.0769. The van der Waals surface area contributed by atoms with Crippen molar-refractivity contribution in [1.82, 2.24) is 0 Å².